The quantitative estimate of drug-likeness (QED) is 0.292. The highest BCUT2D eigenvalue weighted by molar-refractivity contribution is 6.04. The summed E-state index contributed by atoms with van der Waals surface area (Å²) in [6, 6.07) is 6.29. The minimum atomic E-state index is -0.957. The van der Waals surface area contributed by atoms with Crippen molar-refractivity contribution in [2.75, 3.05) is 5.32 Å². The van der Waals surface area contributed by atoms with E-state index in [0.29, 0.717) is 17.7 Å². The third-order valence-electron chi connectivity index (χ3n) is 3.50. The Balaban J connectivity index is 2.12. The van der Waals surface area contributed by atoms with Crippen molar-refractivity contribution >= 4 is 17.4 Å². The number of oxime groups is 1. The van der Waals surface area contributed by atoms with Gasteiger partial charge in [0.15, 0.2) is 0 Å². The first-order chi connectivity index (χ1) is 13.5. The lowest BCUT2D eigenvalue weighted by Gasteiger charge is -2.08. The van der Waals surface area contributed by atoms with E-state index in [4.69, 9.17) is 16.3 Å². The van der Waals surface area contributed by atoms with Crippen LogP contribution in [-0.4, -0.2) is 16.6 Å². The van der Waals surface area contributed by atoms with E-state index in [1.807, 2.05) is 6.92 Å². The number of nitrogens with two attached hydrogens (primary N) is 2. The van der Waals surface area contributed by atoms with Crippen LogP contribution in [0.2, 0.25) is 0 Å². The number of hydrogen-bond donors (Lipinski definition) is 3. The third-order valence-corrected chi connectivity index (χ3v) is 3.50. The summed E-state index contributed by atoms with van der Waals surface area (Å²) in [5.41, 5.74) is 11.3. The monoisotopic (exact) mass is 387 g/mol. The van der Waals surface area contributed by atoms with Gasteiger partial charge in [-0.2, -0.15) is 0 Å². The topological polar surface area (TPSA) is 116 Å². The molecular formula is C19H19F2N5O2. The summed E-state index contributed by atoms with van der Waals surface area (Å²) in [4.78, 5) is 21.2. The van der Waals surface area contributed by atoms with Gasteiger partial charge in [-0.3, -0.25) is 4.79 Å². The number of halogens is 2. The fourth-order valence-electron chi connectivity index (χ4n) is 2.14. The molecule has 146 valence electrons. The largest absolute Gasteiger partial charge is 0.405 e. The first kappa shape index (κ1) is 20.6. The van der Waals surface area contributed by atoms with E-state index in [9.17, 15) is 13.6 Å². The second-order valence-electron chi connectivity index (χ2n) is 5.42. The number of benzene rings is 1. The number of anilines is 1. The molecule has 1 heterocycles. The SMILES string of the molecule is CC/C(=N\O/C(N)=C/C=C\N)c1ccc(NC(=O)c2c(F)cccc2F)nc1. The van der Waals surface area contributed by atoms with Crippen molar-refractivity contribution in [3.05, 3.63) is 83.5 Å². The zero-order valence-electron chi connectivity index (χ0n) is 15.0. The van der Waals surface area contributed by atoms with Crippen LogP contribution in [0.15, 0.2) is 65.9 Å². The van der Waals surface area contributed by atoms with Gasteiger partial charge in [-0.1, -0.05) is 18.1 Å². The van der Waals surface area contributed by atoms with E-state index in [0.717, 1.165) is 12.1 Å². The van der Waals surface area contributed by atoms with Gasteiger partial charge >= 0.3 is 0 Å². The normalized spacial score (nSPS) is 12.2. The summed E-state index contributed by atoms with van der Waals surface area (Å²) in [6.45, 7) is 1.86. The highest BCUT2D eigenvalue weighted by Gasteiger charge is 2.17. The Morgan fingerprint density at radius 1 is 1.29 bits per heavy atom. The third kappa shape index (κ3) is 5.37. The summed E-state index contributed by atoms with van der Waals surface area (Å²) >= 11 is 0. The highest BCUT2D eigenvalue weighted by Crippen LogP contribution is 2.15. The molecule has 0 fully saturated rings. The Morgan fingerprint density at radius 2 is 2.00 bits per heavy atom. The second kappa shape index (κ2) is 9.81. The average molecular weight is 387 g/mol. The molecule has 0 spiro atoms. The molecule has 1 aromatic heterocycles. The smallest absolute Gasteiger partial charge is 0.262 e. The van der Waals surface area contributed by atoms with Crippen molar-refractivity contribution < 1.29 is 18.4 Å². The van der Waals surface area contributed by atoms with Crippen LogP contribution in [-0.2, 0) is 4.84 Å². The first-order valence-corrected chi connectivity index (χ1v) is 8.26. The van der Waals surface area contributed by atoms with Gasteiger partial charge in [-0.05, 0) is 43.0 Å². The van der Waals surface area contributed by atoms with Crippen molar-refractivity contribution in [1.82, 2.24) is 4.98 Å². The Kier molecular flexibility index (Phi) is 7.21. The summed E-state index contributed by atoms with van der Waals surface area (Å²) in [5, 5.41) is 6.30. The zero-order chi connectivity index (χ0) is 20.5. The van der Waals surface area contributed by atoms with Crippen molar-refractivity contribution in [3.63, 3.8) is 0 Å². The summed E-state index contributed by atoms with van der Waals surface area (Å²) in [6.07, 6.45) is 6.20. The predicted octanol–water partition coefficient (Wildman–Crippen LogP) is 3.02. The van der Waals surface area contributed by atoms with Gasteiger partial charge in [-0.25, -0.2) is 13.8 Å². The molecular weight excluding hydrogens is 368 g/mol. The van der Waals surface area contributed by atoms with Crippen LogP contribution in [0.25, 0.3) is 0 Å². The number of rotatable bonds is 7. The maximum absolute atomic E-state index is 13.7. The van der Waals surface area contributed by atoms with Crippen molar-refractivity contribution in [3.8, 4) is 0 Å². The van der Waals surface area contributed by atoms with Gasteiger partial charge in [0.2, 0.25) is 5.88 Å². The van der Waals surface area contributed by atoms with Crippen LogP contribution in [0.5, 0.6) is 0 Å². The van der Waals surface area contributed by atoms with Crippen LogP contribution in [0.3, 0.4) is 0 Å². The molecule has 28 heavy (non-hydrogen) atoms. The maximum atomic E-state index is 13.7. The Bertz CT molecular complexity index is 904. The molecule has 0 radical (unpaired) electrons. The zero-order valence-corrected chi connectivity index (χ0v) is 15.0. The molecule has 2 aromatic rings. The molecule has 0 bridgehead atoms. The van der Waals surface area contributed by atoms with Crippen molar-refractivity contribution in [2.24, 2.45) is 16.6 Å². The van der Waals surface area contributed by atoms with Crippen molar-refractivity contribution in [1.29, 1.82) is 0 Å². The molecule has 2 rings (SSSR count). The number of nitrogens with zero attached hydrogens (tertiary/aromatic N) is 2. The van der Waals surface area contributed by atoms with Crippen LogP contribution >= 0.6 is 0 Å². The van der Waals surface area contributed by atoms with Crippen LogP contribution in [0, 0.1) is 11.6 Å². The number of hydrogen-bond acceptors (Lipinski definition) is 6. The molecule has 7 nitrogen and oxygen atoms in total. The molecule has 0 saturated heterocycles. The van der Waals surface area contributed by atoms with E-state index in [1.165, 1.54) is 36.7 Å². The summed E-state index contributed by atoms with van der Waals surface area (Å²) in [7, 11) is 0. The first-order valence-electron chi connectivity index (χ1n) is 8.26. The number of nitrogens with one attached hydrogen (secondary N) is 1. The maximum Gasteiger partial charge on any atom is 0.262 e. The average Bonchev–Trinajstić information content (AvgIpc) is 2.68. The van der Waals surface area contributed by atoms with Gasteiger partial charge in [0.25, 0.3) is 5.91 Å². The predicted molar refractivity (Wildman–Crippen MR) is 102 cm³/mol. The standard InChI is InChI=1S/C19H19F2N5O2/c1-2-15(26-28-16(23)7-4-10-22)12-8-9-17(24-11-12)25-19(27)18-13(20)5-3-6-14(18)21/h3-11H,2,22-23H2,1H3,(H,24,25,27)/b10-4-,16-7+,26-15+. The molecule has 5 N–H and O–H groups in total. The van der Waals surface area contributed by atoms with Gasteiger partial charge in [0.05, 0.1) is 5.71 Å². The molecule has 0 aliphatic heterocycles. The molecule has 0 aliphatic rings. The van der Waals surface area contributed by atoms with E-state index >= 15 is 0 Å². The minimum Gasteiger partial charge on any atom is -0.405 e. The minimum absolute atomic E-state index is 0.0522. The number of carbonyl (C=O) groups is 1. The van der Waals surface area contributed by atoms with Crippen molar-refractivity contribution in [2.45, 2.75) is 13.3 Å². The van der Waals surface area contributed by atoms with Gasteiger partial charge < -0.3 is 21.6 Å². The number of carbonyl (C=O) groups excluding carboxylic acids is 1. The van der Waals surface area contributed by atoms with Crippen LogP contribution < -0.4 is 16.8 Å². The van der Waals surface area contributed by atoms with Gasteiger partial charge in [-0.15, -0.1) is 0 Å². The number of pyridine rings is 1. The lowest BCUT2D eigenvalue weighted by molar-refractivity contribution is 0.101. The number of aromatic nitrogens is 1. The fraction of sp³-hybridized carbons (Fsp3) is 0.105. The van der Waals surface area contributed by atoms with Crippen LogP contribution in [0.1, 0.15) is 29.3 Å². The lowest BCUT2D eigenvalue weighted by Crippen LogP contribution is -2.16. The fourth-order valence-corrected chi connectivity index (χ4v) is 2.14. The van der Waals surface area contributed by atoms with Gasteiger partial charge in [0.1, 0.15) is 23.0 Å². The number of allylic oxidation sites excluding steroid dienone is 2. The van der Waals surface area contributed by atoms with Gasteiger partial charge in [0, 0.05) is 17.8 Å². The van der Waals surface area contributed by atoms with E-state index < -0.39 is 23.1 Å². The Hall–Kier alpha value is -3.75. The Morgan fingerprint density at radius 3 is 2.57 bits per heavy atom. The van der Waals surface area contributed by atoms with E-state index in [1.54, 1.807) is 6.07 Å². The van der Waals surface area contributed by atoms with E-state index in [-0.39, 0.29) is 11.7 Å². The molecule has 9 heteroatoms. The molecule has 0 saturated carbocycles. The second-order valence-corrected chi connectivity index (χ2v) is 5.42. The molecule has 0 aliphatic carbocycles. The highest BCUT2D eigenvalue weighted by atomic mass is 19.1. The summed E-state index contributed by atoms with van der Waals surface area (Å²) in [5.74, 6) is -2.67. The van der Waals surface area contributed by atoms with Crippen LogP contribution in [0.4, 0.5) is 14.6 Å². The molecule has 0 unspecified atom stereocenters. The lowest BCUT2D eigenvalue weighted by atomic mass is 10.1. The Labute approximate surface area is 160 Å². The molecule has 1 aromatic carbocycles. The summed E-state index contributed by atoms with van der Waals surface area (Å²) < 4.78 is 27.3. The number of amides is 1. The van der Waals surface area contributed by atoms with E-state index in [2.05, 4.69) is 15.5 Å². The molecule has 1 amide bonds. The molecule has 0 atom stereocenters.